The lowest BCUT2D eigenvalue weighted by atomic mass is 9.74. The predicted octanol–water partition coefficient (Wildman–Crippen LogP) is 3.56. The number of carbonyl (C=O) groups excluding carboxylic acids is 1. The van der Waals surface area contributed by atoms with Crippen molar-refractivity contribution >= 4 is 14.5 Å². The van der Waals surface area contributed by atoms with E-state index < -0.39 is 31.4 Å². The number of nitrogens with zero attached hydrogens (tertiary/aromatic N) is 2. The molecule has 0 aliphatic carbocycles. The molecule has 1 amide bonds. The van der Waals surface area contributed by atoms with E-state index in [2.05, 4.69) is 6.07 Å². The van der Waals surface area contributed by atoms with Gasteiger partial charge in [0.25, 0.3) is 0 Å². The third-order valence-electron chi connectivity index (χ3n) is 6.37. The van der Waals surface area contributed by atoms with E-state index >= 15 is 0 Å². The van der Waals surface area contributed by atoms with Crippen LogP contribution in [-0.2, 0) is 14.1 Å². The molecule has 31 heavy (non-hydrogen) atoms. The molecule has 170 valence electrons. The number of likely N-dealkylation sites (tertiary alicyclic amines) is 1. The number of fused-ring (bicyclic) bond motifs is 1. The average molecular weight is 450 g/mol. The van der Waals surface area contributed by atoms with E-state index in [1.165, 1.54) is 0 Å². The summed E-state index contributed by atoms with van der Waals surface area (Å²) in [5.41, 5.74) is -1.24. The van der Waals surface area contributed by atoms with Gasteiger partial charge in [0.05, 0.1) is 29.9 Å². The van der Waals surface area contributed by atoms with Crippen molar-refractivity contribution in [3.8, 4) is 11.8 Å². The molecular formula is C22H31N2O6P. The summed E-state index contributed by atoms with van der Waals surface area (Å²) in [4.78, 5) is 33.0. The minimum atomic E-state index is -2.48. The molecule has 1 aromatic rings. The van der Waals surface area contributed by atoms with Gasteiger partial charge in [0.1, 0.15) is 17.0 Å². The zero-order valence-electron chi connectivity index (χ0n) is 18.7. The van der Waals surface area contributed by atoms with Gasteiger partial charge in [0.2, 0.25) is 5.91 Å². The van der Waals surface area contributed by atoms with Crippen LogP contribution in [0.5, 0.6) is 5.75 Å². The van der Waals surface area contributed by atoms with Crippen molar-refractivity contribution in [2.45, 2.75) is 76.7 Å². The Morgan fingerprint density at radius 3 is 2.65 bits per heavy atom. The summed E-state index contributed by atoms with van der Waals surface area (Å²) >= 11 is 0. The number of hydrogen-bond acceptors (Lipinski definition) is 7. The minimum Gasteiger partial charge on any atom is -0.484 e. The second-order valence-electron chi connectivity index (χ2n) is 9.38. The zero-order chi connectivity index (χ0) is 23.0. The fourth-order valence-corrected chi connectivity index (χ4v) is 4.90. The highest BCUT2D eigenvalue weighted by atomic mass is 31.2. The standard InChI is InChI=1S/C22H31N2O6P/c1-20(2,30-31(26)27)10-12-28-22(5)19(24-11-6-7-18(24)25)16-13-15(14-23)8-9-17(16)29-21(22,3)4/h8-9,13,19,26-27H,6-7,10-12H2,1-5H3. The van der Waals surface area contributed by atoms with E-state index in [0.29, 0.717) is 30.7 Å². The first-order chi connectivity index (χ1) is 14.4. The minimum absolute atomic E-state index is 0.0562. The molecule has 2 unspecified atom stereocenters. The van der Waals surface area contributed by atoms with Crippen molar-refractivity contribution < 1.29 is 28.6 Å². The summed E-state index contributed by atoms with van der Waals surface area (Å²) in [6, 6.07) is 7.01. The Labute approximate surface area is 184 Å². The highest BCUT2D eigenvalue weighted by molar-refractivity contribution is 7.39. The number of nitriles is 1. The predicted molar refractivity (Wildman–Crippen MR) is 115 cm³/mol. The lowest BCUT2D eigenvalue weighted by molar-refractivity contribution is -0.200. The molecule has 1 saturated heterocycles. The first kappa shape index (κ1) is 23.9. The van der Waals surface area contributed by atoms with Crippen LogP contribution in [-0.4, -0.2) is 50.5 Å². The molecule has 0 spiro atoms. The van der Waals surface area contributed by atoms with Gasteiger partial charge >= 0.3 is 8.60 Å². The number of amides is 1. The molecule has 0 saturated carbocycles. The maximum atomic E-state index is 12.8. The summed E-state index contributed by atoms with van der Waals surface area (Å²) in [5, 5.41) is 9.42. The van der Waals surface area contributed by atoms with Crippen molar-refractivity contribution in [1.29, 1.82) is 5.26 Å². The van der Waals surface area contributed by atoms with Crippen LogP contribution in [0.3, 0.4) is 0 Å². The lowest BCUT2D eigenvalue weighted by Crippen LogP contribution is -2.63. The Balaban J connectivity index is 1.98. The molecule has 2 aliphatic heterocycles. The highest BCUT2D eigenvalue weighted by Crippen LogP contribution is 2.52. The SMILES string of the molecule is CC(C)(CCOC1(C)C(N2CCCC2=O)c2cc(C#N)ccc2OC1(C)C)OP(O)O. The fraction of sp³-hybridized carbons (Fsp3) is 0.636. The summed E-state index contributed by atoms with van der Waals surface area (Å²) < 4.78 is 18.0. The van der Waals surface area contributed by atoms with Gasteiger partial charge in [-0.3, -0.25) is 4.79 Å². The van der Waals surface area contributed by atoms with Crippen LogP contribution in [0.15, 0.2) is 18.2 Å². The summed E-state index contributed by atoms with van der Waals surface area (Å²) in [5.74, 6) is 0.699. The molecule has 0 bridgehead atoms. The summed E-state index contributed by atoms with van der Waals surface area (Å²) in [7, 11) is -2.48. The number of benzene rings is 1. The van der Waals surface area contributed by atoms with Crippen molar-refractivity contribution in [2.75, 3.05) is 13.2 Å². The van der Waals surface area contributed by atoms with Gasteiger partial charge < -0.3 is 28.7 Å². The van der Waals surface area contributed by atoms with Crippen LogP contribution in [0.25, 0.3) is 0 Å². The van der Waals surface area contributed by atoms with Gasteiger partial charge in [-0.1, -0.05) is 0 Å². The molecule has 8 nitrogen and oxygen atoms in total. The Morgan fingerprint density at radius 1 is 1.35 bits per heavy atom. The van der Waals surface area contributed by atoms with Crippen molar-refractivity contribution in [1.82, 2.24) is 4.90 Å². The average Bonchev–Trinajstić information content (AvgIpc) is 3.06. The molecular weight excluding hydrogens is 419 g/mol. The smallest absolute Gasteiger partial charge is 0.327 e. The Morgan fingerprint density at radius 2 is 2.06 bits per heavy atom. The van der Waals surface area contributed by atoms with Gasteiger partial charge in [-0.25, -0.2) is 0 Å². The third-order valence-corrected chi connectivity index (χ3v) is 7.03. The molecule has 2 heterocycles. The van der Waals surface area contributed by atoms with Crippen LogP contribution >= 0.6 is 8.60 Å². The van der Waals surface area contributed by atoms with Crippen molar-refractivity contribution in [2.24, 2.45) is 0 Å². The molecule has 0 radical (unpaired) electrons. The lowest BCUT2D eigenvalue weighted by Gasteiger charge is -2.54. The van der Waals surface area contributed by atoms with E-state index in [1.54, 1.807) is 32.0 Å². The number of hydrogen-bond donors (Lipinski definition) is 2. The molecule has 1 aromatic carbocycles. The second kappa shape index (κ2) is 8.65. The Hall–Kier alpha value is -1.75. The zero-order valence-corrected chi connectivity index (χ0v) is 19.6. The highest BCUT2D eigenvalue weighted by Gasteiger charge is 2.58. The number of rotatable bonds is 7. The number of carbonyl (C=O) groups is 1. The topological polar surface area (TPSA) is 112 Å². The van der Waals surface area contributed by atoms with E-state index in [1.807, 2.05) is 25.7 Å². The van der Waals surface area contributed by atoms with Gasteiger partial charge in [0, 0.05) is 18.5 Å². The van der Waals surface area contributed by atoms with E-state index in [4.69, 9.17) is 14.0 Å². The van der Waals surface area contributed by atoms with Gasteiger partial charge in [-0.05, 0) is 65.7 Å². The van der Waals surface area contributed by atoms with Crippen LogP contribution in [0, 0.1) is 11.3 Å². The molecule has 3 rings (SSSR count). The monoisotopic (exact) mass is 450 g/mol. The number of ether oxygens (including phenoxy) is 2. The molecule has 9 heteroatoms. The first-order valence-corrected chi connectivity index (χ1v) is 11.6. The normalized spacial score (nSPS) is 25.3. The fourth-order valence-electron chi connectivity index (χ4n) is 4.36. The largest absolute Gasteiger partial charge is 0.484 e. The van der Waals surface area contributed by atoms with E-state index in [-0.39, 0.29) is 12.5 Å². The van der Waals surface area contributed by atoms with Gasteiger partial charge in [-0.15, -0.1) is 0 Å². The van der Waals surface area contributed by atoms with Gasteiger partial charge in [0.15, 0.2) is 0 Å². The second-order valence-corrected chi connectivity index (χ2v) is 10.1. The molecule has 2 N–H and O–H groups in total. The maximum Gasteiger partial charge on any atom is 0.327 e. The summed E-state index contributed by atoms with van der Waals surface area (Å²) in [6.07, 6.45) is 1.67. The molecule has 1 fully saturated rings. The van der Waals surface area contributed by atoms with E-state index in [9.17, 15) is 19.8 Å². The van der Waals surface area contributed by atoms with Crippen LogP contribution in [0.4, 0.5) is 0 Å². The van der Waals surface area contributed by atoms with Crippen molar-refractivity contribution in [3.05, 3.63) is 29.3 Å². The first-order valence-electron chi connectivity index (χ1n) is 10.4. The van der Waals surface area contributed by atoms with Crippen LogP contribution in [0.2, 0.25) is 0 Å². The summed E-state index contributed by atoms with van der Waals surface area (Å²) in [6.45, 7) is 10.2. The quantitative estimate of drug-likeness (QED) is 0.611. The molecule has 2 atom stereocenters. The van der Waals surface area contributed by atoms with Crippen LogP contribution in [0.1, 0.15) is 71.0 Å². The Kier molecular flexibility index (Phi) is 6.67. The van der Waals surface area contributed by atoms with Gasteiger partial charge in [-0.2, -0.15) is 5.26 Å². The third kappa shape index (κ3) is 4.72. The van der Waals surface area contributed by atoms with Crippen LogP contribution < -0.4 is 4.74 Å². The van der Waals surface area contributed by atoms with E-state index in [0.717, 1.165) is 12.0 Å². The Bertz CT molecular complexity index is 881. The molecule has 2 aliphatic rings. The van der Waals surface area contributed by atoms with Crippen molar-refractivity contribution in [3.63, 3.8) is 0 Å². The maximum absolute atomic E-state index is 12.8. The molecule has 0 aromatic heterocycles.